The first-order chi connectivity index (χ1) is 14.1. The molecule has 11 heteroatoms. The average Bonchev–Trinajstić information content (AvgIpc) is 2.67. The van der Waals surface area contributed by atoms with Crippen molar-refractivity contribution in [3.05, 3.63) is 64.1 Å². The number of nitrogens with one attached hydrogen (secondary N) is 3. The third kappa shape index (κ3) is 7.28. The van der Waals surface area contributed by atoms with Crippen LogP contribution >= 0.6 is 63.0 Å². The van der Waals surface area contributed by atoms with Crippen molar-refractivity contribution in [1.82, 2.24) is 10.6 Å². The molecule has 160 valence electrons. The van der Waals surface area contributed by atoms with Crippen molar-refractivity contribution in [2.75, 3.05) is 11.9 Å². The van der Waals surface area contributed by atoms with Crippen molar-refractivity contribution in [2.45, 2.75) is 16.9 Å². The first-order valence-corrected chi connectivity index (χ1v) is 10.9. The Labute approximate surface area is 202 Å². The maximum atomic E-state index is 12.6. The summed E-state index contributed by atoms with van der Waals surface area (Å²) < 4.78 is 3.63. The van der Waals surface area contributed by atoms with E-state index >= 15 is 0 Å². The third-order valence-corrected chi connectivity index (χ3v) is 5.22. The van der Waals surface area contributed by atoms with Gasteiger partial charge < -0.3 is 20.7 Å². The largest absolute Gasteiger partial charge is 0.462 e. The predicted octanol–water partition coefficient (Wildman–Crippen LogP) is 5.04. The first-order valence-electron chi connectivity index (χ1n) is 8.58. The van der Waals surface area contributed by atoms with Crippen molar-refractivity contribution in [3.63, 3.8) is 0 Å². The van der Waals surface area contributed by atoms with Gasteiger partial charge in [0.1, 0.15) is 6.17 Å². The molecular formula is C19H17BrCl3N3O3S. The fourth-order valence-corrected chi connectivity index (χ4v) is 3.28. The second-order valence-corrected chi connectivity index (χ2v) is 9.46. The molecule has 6 nitrogen and oxygen atoms in total. The number of ether oxygens (including phenoxy) is 1. The molecule has 0 radical (unpaired) electrons. The number of esters is 1. The van der Waals surface area contributed by atoms with Crippen LogP contribution in [0.3, 0.4) is 0 Å². The molecule has 1 amide bonds. The number of carbonyl (C=O) groups is 2. The molecule has 0 heterocycles. The fourth-order valence-electron chi connectivity index (χ4n) is 2.26. The van der Waals surface area contributed by atoms with Crippen LogP contribution in [0.2, 0.25) is 0 Å². The molecular weight excluding hydrogens is 537 g/mol. The van der Waals surface area contributed by atoms with Crippen molar-refractivity contribution >= 4 is 85.6 Å². The molecule has 1 unspecified atom stereocenters. The van der Waals surface area contributed by atoms with Gasteiger partial charge >= 0.3 is 5.97 Å². The Morgan fingerprint density at radius 1 is 1.10 bits per heavy atom. The van der Waals surface area contributed by atoms with Crippen LogP contribution in [0.15, 0.2) is 53.0 Å². The number of alkyl halides is 3. The number of benzene rings is 2. The highest BCUT2D eigenvalue weighted by Gasteiger charge is 2.35. The summed E-state index contributed by atoms with van der Waals surface area (Å²) in [6, 6.07) is 13.3. The minimum absolute atomic E-state index is 0.0997. The number of hydrogen-bond acceptors (Lipinski definition) is 4. The van der Waals surface area contributed by atoms with Gasteiger partial charge in [0.15, 0.2) is 5.11 Å². The lowest BCUT2D eigenvalue weighted by atomic mass is 10.2. The summed E-state index contributed by atoms with van der Waals surface area (Å²) in [5.74, 6) is -0.885. The summed E-state index contributed by atoms with van der Waals surface area (Å²) in [5.41, 5.74) is 1.36. The van der Waals surface area contributed by atoms with E-state index < -0.39 is 21.8 Å². The average molecular weight is 554 g/mol. The summed E-state index contributed by atoms with van der Waals surface area (Å²) in [6.07, 6.45) is -1.12. The molecule has 0 bridgehead atoms. The van der Waals surface area contributed by atoms with Gasteiger partial charge in [-0.1, -0.05) is 46.9 Å². The van der Waals surface area contributed by atoms with E-state index in [1.807, 2.05) is 0 Å². The van der Waals surface area contributed by atoms with E-state index in [-0.39, 0.29) is 11.7 Å². The first kappa shape index (κ1) is 24.7. The van der Waals surface area contributed by atoms with E-state index in [2.05, 4.69) is 31.9 Å². The van der Waals surface area contributed by atoms with Crippen LogP contribution < -0.4 is 16.0 Å². The Morgan fingerprint density at radius 3 is 2.30 bits per heavy atom. The normalized spacial score (nSPS) is 11.9. The Balaban J connectivity index is 2.04. The molecule has 0 fully saturated rings. The van der Waals surface area contributed by atoms with Crippen LogP contribution in [-0.4, -0.2) is 33.6 Å². The maximum Gasteiger partial charge on any atom is 0.338 e. The molecule has 0 saturated carbocycles. The standard InChI is InChI=1S/C19H17BrCl3N3O3S/c1-2-29-16(28)11-7-9-12(10-8-11)24-18(30)26-17(19(21,22)23)25-15(27)13-5-3-4-6-14(13)20/h3-10,17H,2H2,1H3,(H,25,27)(H2,24,26,30). The zero-order chi connectivity index (χ0) is 22.3. The summed E-state index contributed by atoms with van der Waals surface area (Å²) in [6.45, 7) is 2.02. The number of rotatable bonds is 6. The van der Waals surface area contributed by atoms with Crippen molar-refractivity contribution in [2.24, 2.45) is 0 Å². The monoisotopic (exact) mass is 551 g/mol. The topological polar surface area (TPSA) is 79.5 Å². The van der Waals surface area contributed by atoms with Crippen LogP contribution in [0.4, 0.5) is 5.69 Å². The Kier molecular flexibility index (Phi) is 9.18. The number of carbonyl (C=O) groups excluding carboxylic acids is 2. The molecule has 2 aromatic carbocycles. The van der Waals surface area contributed by atoms with Gasteiger partial charge in [0, 0.05) is 10.2 Å². The molecule has 0 aliphatic carbocycles. The fraction of sp³-hybridized carbons (Fsp3) is 0.211. The zero-order valence-electron chi connectivity index (χ0n) is 15.5. The van der Waals surface area contributed by atoms with E-state index in [4.69, 9.17) is 51.8 Å². The maximum absolute atomic E-state index is 12.6. The molecule has 0 aromatic heterocycles. The second-order valence-electron chi connectivity index (χ2n) is 5.82. The Hall–Kier alpha value is -1.58. The number of hydrogen-bond donors (Lipinski definition) is 3. The molecule has 0 saturated heterocycles. The predicted molar refractivity (Wildman–Crippen MR) is 127 cm³/mol. The van der Waals surface area contributed by atoms with Crippen molar-refractivity contribution < 1.29 is 14.3 Å². The third-order valence-electron chi connectivity index (χ3n) is 3.65. The van der Waals surface area contributed by atoms with Crippen LogP contribution in [0.1, 0.15) is 27.6 Å². The second kappa shape index (κ2) is 11.2. The van der Waals surface area contributed by atoms with Crippen molar-refractivity contribution in [3.8, 4) is 0 Å². The minimum Gasteiger partial charge on any atom is -0.462 e. The minimum atomic E-state index is -1.89. The van der Waals surface area contributed by atoms with E-state index in [1.54, 1.807) is 55.5 Å². The van der Waals surface area contributed by atoms with Gasteiger partial charge in [0.05, 0.1) is 17.7 Å². The van der Waals surface area contributed by atoms with E-state index in [1.165, 1.54) is 0 Å². The molecule has 0 spiro atoms. The number of thiocarbonyl (C=S) groups is 1. The number of anilines is 1. The van der Waals surface area contributed by atoms with E-state index in [0.717, 1.165) is 0 Å². The van der Waals surface area contributed by atoms with Gasteiger partial charge in [-0.3, -0.25) is 4.79 Å². The summed E-state index contributed by atoms with van der Waals surface area (Å²) in [4.78, 5) is 24.3. The quantitative estimate of drug-likeness (QED) is 0.201. The lowest BCUT2D eigenvalue weighted by Gasteiger charge is -2.28. The molecule has 3 N–H and O–H groups in total. The van der Waals surface area contributed by atoms with E-state index in [0.29, 0.717) is 21.3 Å². The van der Waals surface area contributed by atoms with Gasteiger partial charge in [-0.05, 0) is 71.5 Å². The highest BCUT2D eigenvalue weighted by molar-refractivity contribution is 9.10. The molecule has 2 aromatic rings. The lowest BCUT2D eigenvalue weighted by molar-refractivity contribution is 0.0526. The highest BCUT2D eigenvalue weighted by Crippen LogP contribution is 2.29. The Morgan fingerprint density at radius 2 is 1.73 bits per heavy atom. The van der Waals surface area contributed by atoms with E-state index in [9.17, 15) is 9.59 Å². The van der Waals surface area contributed by atoms with Crippen LogP contribution in [0, 0.1) is 0 Å². The molecule has 0 aliphatic heterocycles. The van der Waals surface area contributed by atoms with Crippen LogP contribution in [-0.2, 0) is 4.74 Å². The van der Waals surface area contributed by atoms with Gasteiger partial charge in [0.25, 0.3) is 5.91 Å². The molecule has 0 aliphatic rings. The summed E-state index contributed by atoms with van der Waals surface area (Å²) in [5, 5.41) is 8.37. The molecule has 30 heavy (non-hydrogen) atoms. The zero-order valence-corrected chi connectivity index (χ0v) is 20.2. The van der Waals surface area contributed by atoms with Crippen LogP contribution in [0.25, 0.3) is 0 Å². The summed E-state index contributed by atoms with van der Waals surface area (Å²) in [7, 11) is 0. The van der Waals surface area contributed by atoms with Gasteiger partial charge in [0.2, 0.25) is 3.79 Å². The van der Waals surface area contributed by atoms with Gasteiger partial charge in [-0.25, -0.2) is 4.79 Å². The molecule has 2 rings (SSSR count). The molecule has 1 atom stereocenters. The smallest absolute Gasteiger partial charge is 0.338 e. The number of halogens is 4. The van der Waals surface area contributed by atoms with Gasteiger partial charge in [-0.15, -0.1) is 0 Å². The Bertz CT molecular complexity index is 923. The SMILES string of the molecule is CCOC(=O)c1ccc(NC(=S)NC(NC(=O)c2ccccc2Br)C(Cl)(Cl)Cl)cc1. The van der Waals surface area contributed by atoms with Crippen LogP contribution in [0.5, 0.6) is 0 Å². The number of amides is 1. The summed E-state index contributed by atoms with van der Waals surface area (Å²) >= 11 is 26.6. The lowest BCUT2D eigenvalue weighted by Crippen LogP contribution is -2.56. The van der Waals surface area contributed by atoms with Gasteiger partial charge in [-0.2, -0.15) is 0 Å². The highest BCUT2D eigenvalue weighted by atomic mass is 79.9. The van der Waals surface area contributed by atoms with Crippen molar-refractivity contribution in [1.29, 1.82) is 0 Å².